The highest BCUT2D eigenvalue weighted by atomic mass is 16.6. The average molecular weight is 340 g/mol. The lowest BCUT2D eigenvalue weighted by Gasteiger charge is -2.30. The topological polar surface area (TPSA) is 78.9 Å². The van der Waals surface area contributed by atoms with Crippen molar-refractivity contribution in [1.82, 2.24) is 10.2 Å². The van der Waals surface area contributed by atoms with Gasteiger partial charge in [-0.1, -0.05) is 13.3 Å². The molecule has 0 spiro atoms. The van der Waals surface area contributed by atoms with Crippen LogP contribution in [0, 0.1) is 17.8 Å². The Morgan fingerprint density at radius 2 is 1.96 bits per heavy atom. The van der Waals surface area contributed by atoms with E-state index < -0.39 is 11.7 Å². The molecule has 2 N–H and O–H groups in total. The summed E-state index contributed by atoms with van der Waals surface area (Å²) in [6, 6.07) is -0.0578. The lowest BCUT2D eigenvalue weighted by atomic mass is 9.94. The predicted molar refractivity (Wildman–Crippen MR) is 91.4 cm³/mol. The van der Waals surface area contributed by atoms with Crippen molar-refractivity contribution >= 4 is 12.0 Å². The van der Waals surface area contributed by atoms with E-state index in [2.05, 4.69) is 12.2 Å². The second-order valence-electron chi connectivity index (χ2n) is 8.23. The fourth-order valence-corrected chi connectivity index (χ4v) is 3.91. The molecule has 138 valence electrons. The summed E-state index contributed by atoms with van der Waals surface area (Å²) in [6.07, 6.45) is 3.33. The number of carbonyl (C=O) groups is 2. The minimum absolute atomic E-state index is 0.0282. The van der Waals surface area contributed by atoms with Crippen molar-refractivity contribution < 1.29 is 19.4 Å². The molecule has 0 aromatic rings. The number of hydrogen-bond acceptors (Lipinski definition) is 4. The second kappa shape index (κ2) is 7.72. The van der Waals surface area contributed by atoms with Crippen LogP contribution in [0.3, 0.4) is 0 Å². The van der Waals surface area contributed by atoms with Crippen LogP contribution in [0.15, 0.2) is 0 Å². The zero-order valence-corrected chi connectivity index (χ0v) is 15.4. The van der Waals surface area contributed by atoms with Crippen molar-refractivity contribution in [1.29, 1.82) is 0 Å². The van der Waals surface area contributed by atoms with Crippen molar-refractivity contribution in [3.05, 3.63) is 0 Å². The highest BCUT2D eigenvalue weighted by Gasteiger charge is 2.41. The Hall–Kier alpha value is -1.30. The summed E-state index contributed by atoms with van der Waals surface area (Å²) in [4.78, 5) is 26.6. The van der Waals surface area contributed by atoms with Crippen molar-refractivity contribution in [2.24, 2.45) is 17.8 Å². The highest BCUT2D eigenvalue weighted by Crippen LogP contribution is 2.35. The number of ether oxygens (including phenoxy) is 1. The molecule has 2 aliphatic rings. The van der Waals surface area contributed by atoms with E-state index in [-0.39, 0.29) is 30.4 Å². The van der Waals surface area contributed by atoms with E-state index in [0.717, 1.165) is 32.2 Å². The third-order valence-corrected chi connectivity index (χ3v) is 5.24. The molecule has 1 aliphatic carbocycles. The monoisotopic (exact) mass is 340 g/mol. The van der Waals surface area contributed by atoms with Crippen molar-refractivity contribution in [2.45, 2.75) is 65.0 Å². The van der Waals surface area contributed by atoms with Crippen molar-refractivity contribution in [3.63, 3.8) is 0 Å². The molecule has 4 atom stereocenters. The molecule has 1 aliphatic heterocycles. The van der Waals surface area contributed by atoms with Gasteiger partial charge in [0.2, 0.25) is 5.91 Å². The van der Waals surface area contributed by atoms with E-state index >= 15 is 0 Å². The molecule has 0 aromatic carbocycles. The van der Waals surface area contributed by atoms with Gasteiger partial charge in [0.25, 0.3) is 0 Å². The highest BCUT2D eigenvalue weighted by molar-refractivity contribution is 5.80. The van der Waals surface area contributed by atoms with Gasteiger partial charge in [0.1, 0.15) is 5.60 Å². The lowest BCUT2D eigenvalue weighted by molar-refractivity contribution is -0.138. The standard InChI is InChI=1S/C18H32N2O4/c1-12-8-9-20(15(12)11-21)16(22)14-7-5-6-13(14)10-19-17(23)24-18(2,3)4/h12-15,21H,5-11H2,1-4H3,(H,19,23)/t12-,13-,14-,15-/m1/s1. The first-order valence-electron chi connectivity index (χ1n) is 9.11. The van der Waals surface area contributed by atoms with E-state index in [1.54, 1.807) is 0 Å². The summed E-state index contributed by atoms with van der Waals surface area (Å²) in [5, 5.41) is 12.4. The first-order chi connectivity index (χ1) is 11.2. The minimum atomic E-state index is -0.519. The van der Waals surface area contributed by atoms with Crippen molar-refractivity contribution in [2.75, 3.05) is 19.7 Å². The van der Waals surface area contributed by atoms with Crippen LogP contribution in [-0.4, -0.2) is 53.3 Å². The van der Waals surface area contributed by atoms with E-state index in [1.807, 2.05) is 25.7 Å². The largest absolute Gasteiger partial charge is 0.444 e. The van der Waals surface area contributed by atoms with Gasteiger partial charge in [0.05, 0.1) is 12.6 Å². The molecule has 0 radical (unpaired) electrons. The van der Waals surface area contributed by atoms with Crippen LogP contribution in [0.5, 0.6) is 0 Å². The zero-order valence-electron chi connectivity index (χ0n) is 15.4. The maximum absolute atomic E-state index is 12.9. The van der Waals surface area contributed by atoms with E-state index in [1.165, 1.54) is 0 Å². The minimum Gasteiger partial charge on any atom is -0.444 e. The summed E-state index contributed by atoms with van der Waals surface area (Å²) >= 11 is 0. The summed E-state index contributed by atoms with van der Waals surface area (Å²) in [6.45, 7) is 8.81. The number of rotatable bonds is 4. The third kappa shape index (κ3) is 4.62. The predicted octanol–water partition coefficient (Wildman–Crippen LogP) is 2.16. The van der Waals surface area contributed by atoms with Crippen LogP contribution >= 0.6 is 0 Å². The molecule has 1 saturated heterocycles. The number of carbonyl (C=O) groups excluding carboxylic acids is 2. The van der Waals surface area contributed by atoms with Gasteiger partial charge in [0, 0.05) is 19.0 Å². The lowest BCUT2D eigenvalue weighted by Crippen LogP contribution is -2.45. The van der Waals surface area contributed by atoms with Crippen LogP contribution in [0.4, 0.5) is 4.79 Å². The number of nitrogens with one attached hydrogen (secondary N) is 1. The van der Waals surface area contributed by atoms with Gasteiger partial charge >= 0.3 is 6.09 Å². The van der Waals surface area contributed by atoms with E-state index in [4.69, 9.17) is 4.74 Å². The van der Waals surface area contributed by atoms with Crippen LogP contribution < -0.4 is 5.32 Å². The maximum Gasteiger partial charge on any atom is 0.407 e. The third-order valence-electron chi connectivity index (χ3n) is 5.24. The van der Waals surface area contributed by atoms with E-state index in [0.29, 0.717) is 12.5 Å². The van der Waals surface area contributed by atoms with Crippen LogP contribution in [-0.2, 0) is 9.53 Å². The molecule has 1 saturated carbocycles. The summed E-state index contributed by atoms with van der Waals surface area (Å²) < 4.78 is 5.26. The van der Waals surface area contributed by atoms with Crippen molar-refractivity contribution in [3.8, 4) is 0 Å². The fourth-order valence-electron chi connectivity index (χ4n) is 3.91. The smallest absolute Gasteiger partial charge is 0.407 e. The fraction of sp³-hybridized carbons (Fsp3) is 0.889. The average Bonchev–Trinajstić information content (AvgIpc) is 3.08. The van der Waals surface area contributed by atoms with Gasteiger partial charge in [0.15, 0.2) is 0 Å². The number of alkyl carbamates (subject to hydrolysis) is 1. The van der Waals surface area contributed by atoms with Gasteiger partial charge in [-0.2, -0.15) is 0 Å². The SMILES string of the molecule is C[C@@H]1CCN(C(=O)[C@@H]2CCC[C@@H]2CNC(=O)OC(C)(C)C)[C@@H]1CO. The molecule has 2 fully saturated rings. The number of nitrogens with zero attached hydrogens (tertiary/aromatic N) is 1. The quantitative estimate of drug-likeness (QED) is 0.822. The Labute approximate surface area is 144 Å². The summed E-state index contributed by atoms with van der Waals surface area (Å²) in [5.41, 5.74) is -0.519. The van der Waals surface area contributed by atoms with Gasteiger partial charge in [-0.3, -0.25) is 4.79 Å². The Morgan fingerprint density at radius 1 is 1.25 bits per heavy atom. The van der Waals surface area contributed by atoms with Gasteiger partial charge in [-0.05, 0) is 51.9 Å². The number of aliphatic hydroxyl groups excluding tert-OH is 1. The first kappa shape index (κ1) is 19.0. The Balaban J connectivity index is 1.90. The molecule has 0 unspecified atom stereocenters. The summed E-state index contributed by atoms with van der Waals surface area (Å²) in [5.74, 6) is 0.588. The molecular weight excluding hydrogens is 308 g/mol. The molecule has 6 heteroatoms. The number of aliphatic hydroxyl groups is 1. The molecule has 2 rings (SSSR count). The number of hydrogen-bond donors (Lipinski definition) is 2. The maximum atomic E-state index is 12.9. The number of likely N-dealkylation sites (tertiary alicyclic amines) is 1. The molecule has 2 amide bonds. The molecular formula is C18H32N2O4. The van der Waals surface area contributed by atoms with Gasteiger partial charge in [-0.25, -0.2) is 4.79 Å². The van der Waals surface area contributed by atoms with Gasteiger partial charge < -0.3 is 20.1 Å². The molecule has 1 heterocycles. The zero-order chi connectivity index (χ0) is 17.9. The van der Waals surface area contributed by atoms with Crippen LogP contribution in [0.2, 0.25) is 0 Å². The first-order valence-corrected chi connectivity index (χ1v) is 9.11. The number of amides is 2. The van der Waals surface area contributed by atoms with E-state index in [9.17, 15) is 14.7 Å². The molecule has 0 bridgehead atoms. The Morgan fingerprint density at radius 3 is 2.58 bits per heavy atom. The Bertz CT molecular complexity index is 460. The van der Waals surface area contributed by atoms with Crippen LogP contribution in [0.1, 0.15) is 53.4 Å². The molecule has 6 nitrogen and oxygen atoms in total. The van der Waals surface area contributed by atoms with Crippen LogP contribution in [0.25, 0.3) is 0 Å². The molecule has 24 heavy (non-hydrogen) atoms. The molecule has 0 aromatic heterocycles. The second-order valence-corrected chi connectivity index (χ2v) is 8.23. The Kier molecular flexibility index (Phi) is 6.12. The normalized spacial score (nSPS) is 30.5. The van der Waals surface area contributed by atoms with Gasteiger partial charge in [-0.15, -0.1) is 0 Å². The summed E-state index contributed by atoms with van der Waals surface area (Å²) in [7, 11) is 0.